The lowest BCUT2D eigenvalue weighted by atomic mass is 10.1. The number of pyridine rings is 1. The lowest BCUT2D eigenvalue weighted by molar-refractivity contribution is -0.133. The average Bonchev–Trinajstić information content (AvgIpc) is 2.81. The Morgan fingerprint density at radius 3 is 2.79 bits per heavy atom. The predicted octanol–water partition coefficient (Wildman–Crippen LogP) is 1.07. The fourth-order valence-corrected chi connectivity index (χ4v) is 2.34. The molecule has 0 atom stereocenters. The molecular formula is C14H15N3O2. The molecule has 1 amide bonds. The Morgan fingerprint density at radius 1 is 1.26 bits per heavy atom. The lowest BCUT2D eigenvalue weighted by Crippen LogP contribution is -2.39. The lowest BCUT2D eigenvalue weighted by Gasteiger charge is -2.25. The van der Waals surface area contributed by atoms with Crippen LogP contribution in [0.25, 0.3) is 5.65 Å². The molecule has 0 aromatic carbocycles. The summed E-state index contributed by atoms with van der Waals surface area (Å²) in [4.78, 5) is 29.4. The van der Waals surface area contributed by atoms with Crippen LogP contribution in [0.4, 0.5) is 0 Å². The summed E-state index contributed by atoms with van der Waals surface area (Å²) in [7, 11) is 0. The SMILES string of the molecule is O=C1CCN(C(=O)Cc2cn3ccccc3n2)CC1. The summed E-state index contributed by atoms with van der Waals surface area (Å²) in [5.74, 6) is 0.299. The fraction of sp³-hybridized carbons (Fsp3) is 0.357. The number of amides is 1. The third-order valence-electron chi connectivity index (χ3n) is 3.42. The minimum absolute atomic E-state index is 0.0518. The molecule has 1 aliphatic heterocycles. The van der Waals surface area contributed by atoms with Gasteiger partial charge in [0.1, 0.15) is 11.4 Å². The monoisotopic (exact) mass is 257 g/mol. The van der Waals surface area contributed by atoms with E-state index in [0.29, 0.717) is 32.4 Å². The van der Waals surface area contributed by atoms with Gasteiger partial charge in [-0.2, -0.15) is 0 Å². The Hall–Kier alpha value is -2.17. The number of aromatic nitrogens is 2. The van der Waals surface area contributed by atoms with E-state index in [-0.39, 0.29) is 11.7 Å². The molecule has 0 saturated carbocycles. The van der Waals surface area contributed by atoms with E-state index in [9.17, 15) is 9.59 Å². The van der Waals surface area contributed by atoms with Crippen molar-refractivity contribution in [3.63, 3.8) is 0 Å². The second-order valence-corrected chi connectivity index (χ2v) is 4.79. The first-order chi connectivity index (χ1) is 9.22. The molecule has 98 valence electrons. The Kier molecular flexibility index (Phi) is 3.03. The van der Waals surface area contributed by atoms with Crippen molar-refractivity contribution in [2.24, 2.45) is 0 Å². The van der Waals surface area contributed by atoms with E-state index in [4.69, 9.17) is 0 Å². The highest BCUT2D eigenvalue weighted by Crippen LogP contribution is 2.10. The minimum Gasteiger partial charge on any atom is -0.341 e. The van der Waals surface area contributed by atoms with Crippen molar-refractivity contribution in [3.8, 4) is 0 Å². The molecule has 3 heterocycles. The summed E-state index contributed by atoms with van der Waals surface area (Å²) in [5, 5.41) is 0. The van der Waals surface area contributed by atoms with E-state index < -0.39 is 0 Å². The zero-order valence-corrected chi connectivity index (χ0v) is 10.6. The molecule has 3 rings (SSSR count). The molecule has 2 aromatic heterocycles. The summed E-state index contributed by atoms with van der Waals surface area (Å²) in [6.07, 6.45) is 5.06. The molecule has 1 fully saturated rings. The molecular weight excluding hydrogens is 242 g/mol. The van der Waals surface area contributed by atoms with Gasteiger partial charge in [-0.3, -0.25) is 9.59 Å². The topological polar surface area (TPSA) is 54.7 Å². The van der Waals surface area contributed by atoms with Gasteiger partial charge in [-0.1, -0.05) is 6.07 Å². The number of carbonyl (C=O) groups is 2. The first-order valence-electron chi connectivity index (χ1n) is 6.44. The number of nitrogens with zero attached hydrogens (tertiary/aromatic N) is 3. The van der Waals surface area contributed by atoms with Crippen LogP contribution in [-0.2, 0) is 16.0 Å². The molecule has 0 bridgehead atoms. The van der Waals surface area contributed by atoms with E-state index in [1.54, 1.807) is 4.90 Å². The normalized spacial score (nSPS) is 16.0. The Balaban J connectivity index is 1.70. The highest BCUT2D eigenvalue weighted by Gasteiger charge is 2.21. The van der Waals surface area contributed by atoms with Crippen LogP contribution in [0.1, 0.15) is 18.5 Å². The van der Waals surface area contributed by atoms with Crippen LogP contribution in [0.3, 0.4) is 0 Å². The molecule has 2 aromatic rings. The number of hydrogen-bond acceptors (Lipinski definition) is 3. The van der Waals surface area contributed by atoms with E-state index in [1.165, 1.54) is 0 Å². The zero-order chi connectivity index (χ0) is 13.2. The predicted molar refractivity (Wildman–Crippen MR) is 69.7 cm³/mol. The smallest absolute Gasteiger partial charge is 0.228 e. The fourth-order valence-electron chi connectivity index (χ4n) is 2.34. The van der Waals surface area contributed by atoms with E-state index >= 15 is 0 Å². The van der Waals surface area contributed by atoms with Crippen molar-refractivity contribution in [1.29, 1.82) is 0 Å². The number of fused-ring (bicyclic) bond motifs is 1. The van der Waals surface area contributed by atoms with Gasteiger partial charge < -0.3 is 9.30 Å². The molecule has 5 nitrogen and oxygen atoms in total. The number of Topliss-reactive ketones (excluding diaryl/α,β-unsaturated/α-hetero) is 1. The van der Waals surface area contributed by atoms with E-state index in [0.717, 1.165) is 11.3 Å². The number of carbonyl (C=O) groups excluding carboxylic acids is 2. The van der Waals surface area contributed by atoms with Gasteiger partial charge >= 0.3 is 0 Å². The van der Waals surface area contributed by atoms with Gasteiger partial charge in [0, 0.05) is 38.3 Å². The standard InChI is InChI=1S/C14H15N3O2/c18-12-4-7-16(8-5-12)14(19)9-11-10-17-6-2-1-3-13(17)15-11/h1-3,6,10H,4-5,7-9H2. The van der Waals surface area contributed by atoms with E-state index in [1.807, 2.05) is 35.0 Å². The molecule has 1 saturated heterocycles. The zero-order valence-electron chi connectivity index (χ0n) is 10.6. The first-order valence-corrected chi connectivity index (χ1v) is 6.44. The molecule has 0 spiro atoms. The van der Waals surface area contributed by atoms with Crippen molar-refractivity contribution in [2.75, 3.05) is 13.1 Å². The van der Waals surface area contributed by atoms with Gasteiger partial charge in [-0.25, -0.2) is 4.98 Å². The highest BCUT2D eigenvalue weighted by molar-refractivity contribution is 5.84. The number of piperidine rings is 1. The van der Waals surface area contributed by atoms with Crippen molar-refractivity contribution >= 4 is 17.3 Å². The summed E-state index contributed by atoms with van der Waals surface area (Å²) in [5.41, 5.74) is 1.62. The molecule has 19 heavy (non-hydrogen) atoms. The summed E-state index contributed by atoms with van der Waals surface area (Å²) >= 11 is 0. The van der Waals surface area contributed by atoms with Gasteiger partial charge in [0.25, 0.3) is 0 Å². The second-order valence-electron chi connectivity index (χ2n) is 4.79. The maximum Gasteiger partial charge on any atom is 0.228 e. The number of likely N-dealkylation sites (tertiary alicyclic amines) is 1. The van der Waals surface area contributed by atoms with Gasteiger partial charge in [-0.05, 0) is 12.1 Å². The van der Waals surface area contributed by atoms with Crippen LogP contribution < -0.4 is 0 Å². The molecule has 1 aliphatic rings. The van der Waals surface area contributed by atoms with Crippen molar-refractivity contribution in [3.05, 3.63) is 36.3 Å². The van der Waals surface area contributed by atoms with Crippen molar-refractivity contribution in [2.45, 2.75) is 19.3 Å². The first kappa shape index (κ1) is 11.9. The van der Waals surface area contributed by atoms with Gasteiger partial charge in [0.2, 0.25) is 5.91 Å². The molecule has 0 radical (unpaired) electrons. The van der Waals surface area contributed by atoms with Crippen LogP contribution in [-0.4, -0.2) is 39.1 Å². The third kappa shape index (κ3) is 2.50. The highest BCUT2D eigenvalue weighted by atomic mass is 16.2. The van der Waals surface area contributed by atoms with Crippen LogP contribution in [0.2, 0.25) is 0 Å². The maximum atomic E-state index is 12.1. The van der Waals surface area contributed by atoms with Gasteiger partial charge in [0.05, 0.1) is 12.1 Å². The minimum atomic E-state index is 0.0518. The van der Waals surface area contributed by atoms with Crippen LogP contribution >= 0.6 is 0 Å². The van der Waals surface area contributed by atoms with Crippen LogP contribution in [0.5, 0.6) is 0 Å². The van der Waals surface area contributed by atoms with Crippen molar-refractivity contribution in [1.82, 2.24) is 14.3 Å². The largest absolute Gasteiger partial charge is 0.341 e. The second kappa shape index (κ2) is 4.84. The Morgan fingerprint density at radius 2 is 2.05 bits per heavy atom. The third-order valence-corrected chi connectivity index (χ3v) is 3.42. The number of rotatable bonds is 2. The quantitative estimate of drug-likeness (QED) is 0.808. The maximum absolute atomic E-state index is 12.1. The Labute approximate surface area is 110 Å². The number of imidazole rings is 1. The Bertz CT molecular complexity index is 589. The summed E-state index contributed by atoms with van der Waals surface area (Å²) < 4.78 is 1.91. The van der Waals surface area contributed by atoms with Gasteiger partial charge in [0.15, 0.2) is 0 Å². The molecule has 0 aliphatic carbocycles. The summed E-state index contributed by atoms with van der Waals surface area (Å²) in [6, 6.07) is 5.76. The van der Waals surface area contributed by atoms with Crippen LogP contribution in [0, 0.1) is 0 Å². The molecule has 0 N–H and O–H groups in total. The molecule has 0 unspecified atom stereocenters. The summed E-state index contributed by atoms with van der Waals surface area (Å²) in [6.45, 7) is 1.09. The van der Waals surface area contributed by atoms with Gasteiger partial charge in [-0.15, -0.1) is 0 Å². The van der Waals surface area contributed by atoms with E-state index in [2.05, 4.69) is 4.98 Å². The molecule has 5 heteroatoms. The van der Waals surface area contributed by atoms with Crippen LogP contribution in [0.15, 0.2) is 30.6 Å². The average molecular weight is 257 g/mol. The van der Waals surface area contributed by atoms with Crippen molar-refractivity contribution < 1.29 is 9.59 Å². The number of ketones is 1. The number of hydrogen-bond donors (Lipinski definition) is 0.